The summed E-state index contributed by atoms with van der Waals surface area (Å²) in [6.07, 6.45) is 1.75. The van der Waals surface area contributed by atoms with E-state index in [-0.39, 0.29) is 11.7 Å². The maximum atomic E-state index is 12.9. The van der Waals surface area contributed by atoms with Gasteiger partial charge in [-0.25, -0.2) is 4.39 Å². The Morgan fingerprint density at radius 3 is 2.07 bits per heavy atom. The molecule has 0 aliphatic heterocycles. The lowest BCUT2D eigenvalue weighted by atomic mass is 9.91. The molecule has 0 saturated carbocycles. The fourth-order valence-corrected chi connectivity index (χ4v) is 1.44. The number of aliphatic hydroxyl groups excluding tert-OH is 1. The molecule has 82 valence electrons. The average Bonchev–Trinajstić information content (AvgIpc) is 2.16. The number of rotatable bonds is 4. The van der Waals surface area contributed by atoms with Crippen LogP contribution in [0.2, 0.25) is 0 Å². The Morgan fingerprint density at radius 2 is 1.79 bits per heavy atom. The van der Waals surface area contributed by atoms with Gasteiger partial charge in [-0.3, -0.25) is 0 Å². The number of aliphatic hydroxyl groups is 1. The average molecular weight is 200 g/mol. The minimum Gasteiger partial charge on any atom is -0.505 e. The molecule has 0 spiro atoms. The Labute approximate surface area is 86.3 Å². The molecule has 1 atom stereocenters. The minimum absolute atomic E-state index is 0.168. The van der Waals surface area contributed by atoms with Gasteiger partial charge in [0.25, 0.3) is 0 Å². The molecular formula is C12H21FO. The third-order valence-corrected chi connectivity index (χ3v) is 2.68. The minimum atomic E-state index is -0.492. The van der Waals surface area contributed by atoms with Gasteiger partial charge in [-0.05, 0) is 38.2 Å². The second kappa shape index (κ2) is 5.84. The molecule has 0 bridgehead atoms. The predicted molar refractivity (Wildman–Crippen MR) is 58.9 cm³/mol. The van der Waals surface area contributed by atoms with Crippen molar-refractivity contribution in [1.82, 2.24) is 0 Å². The standard InChI is InChI=1S/C12H21FO/c1-6-8(3)11(9(4)7-2)12(14)10(5)13/h8,14H,6-7H2,1-5H3/b11-9+,12-10-/t8-/m0/s1. The van der Waals surface area contributed by atoms with Crippen molar-refractivity contribution in [2.45, 2.75) is 47.5 Å². The van der Waals surface area contributed by atoms with Crippen LogP contribution in [-0.2, 0) is 0 Å². The van der Waals surface area contributed by atoms with Gasteiger partial charge in [0.05, 0.1) is 0 Å². The fraction of sp³-hybridized carbons (Fsp3) is 0.667. The Bertz CT molecular complexity index is 247. The highest BCUT2D eigenvalue weighted by atomic mass is 19.1. The molecular weight excluding hydrogens is 179 g/mol. The summed E-state index contributed by atoms with van der Waals surface area (Å²) in [5.41, 5.74) is 1.84. The van der Waals surface area contributed by atoms with Crippen LogP contribution < -0.4 is 0 Å². The number of hydrogen-bond acceptors (Lipinski definition) is 1. The lowest BCUT2D eigenvalue weighted by molar-refractivity contribution is 0.375. The zero-order chi connectivity index (χ0) is 11.3. The number of allylic oxidation sites excluding steroid dienone is 3. The van der Waals surface area contributed by atoms with Crippen molar-refractivity contribution in [1.29, 1.82) is 0 Å². The molecule has 0 aromatic rings. The van der Waals surface area contributed by atoms with Crippen LogP contribution in [0.1, 0.15) is 47.5 Å². The van der Waals surface area contributed by atoms with Crippen molar-refractivity contribution in [3.8, 4) is 0 Å². The molecule has 1 N–H and O–H groups in total. The first-order chi connectivity index (χ1) is 6.45. The van der Waals surface area contributed by atoms with E-state index < -0.39 is 5.83 Å². The van der Waals surface area contributed by atoms with Gasteiger partial charge >= 0.3 is 0 Å². The molecule has 0 amide bonds. The van der Waals surface area contributed by atoms with Crippen LogP contribution in [0.25, 0.3) is 0 Å². The maximum Gasteiger partial charge on any atom is 0.150 e. The molecule has 0 saturated heterocycles. The van der Waals surface area contributed by atoms with Crippen LogP contribution in [0.5, 0.6) is 0 Å². The van der Waals surface area contributed by atoms with Crippen LogP contribution in [0.3, 0.4) is 0 Å². The van der Waals surface area contributed by atoms with Crippen molar-refractivity contribution >= 4 is 0 Å². The number of halogens is 1. The maximum absolute atomic E-state index is 12.9. The van der Waals surface area contributed by atoms with E-state index in [0.717, 1.165) is 24.0 Å². The summed E-state index contributed by atoms with van der Waals surface area (Å²) < 4.78 is 12.9. The topological polar surface area (TPSA) is 20.2 Å². The molecule has 0 unspecified atom stereocenters. The first-order valence-corrected chi connectivity index (χ1v) is 5.20. The van der Waals surface area contributed by atoms with E-state index in [1.807, 2.05) is 27.7 Å². The normalized spacial score (nSPS) is 17.3. The van der Waals surface area contributed by atoms with Gasteiger partial charge in [0.2, 0.25) is 0 Å². The van der Waals surface area contributed by atoms with Gasteiger partial charge in [0.15, 0.2) is 0 Å². The van der Waals surface area contributed by atoms with Gasteiger partial charge in [-0.2, -0.15) is 0 Å². The van der Waals surface area contributed by atoms with E-state index in [2.05, 4.69) is 0 Å². The van der Waals surface area contributed by atoms with E-state index in [1.165, 1.54) is 6.92 Å². The Morgan fingerprint density at radius 1 is 1.29 bits per heavy atom. The van der Waals surface area contributed by atoms with Crippen molar-refractivity contribution in [2.75, 3.05) is 0 Å². The van der Waals surface area contributed by atoms with E-state index in [1.54, 1.807) is 0 Å². The van der Waals surface area contributed by atoms with Crippen molar-refractivity contribution in [3.05, 3.63) is 22.7 Å². The molecule has 0 fully saturated rings. The van der Waals surface area contributed by atoms with Crippen LogP contribution in [-0.4, -0.2) is 5.11 Å². The van der Waals surface area contributed by atoms with E-state index in [4.69, 9.17) is 0 Å². The Hall–Kier alpha value is -0.790. The lowest BCUT2D eigenvalue weighted by Gasteiger charge is -2.17. The first kappa shape index (κ1) is 13.2. The van der Waals surface area contributed by atoms with Crippen molar-refractivity contribution in [2.24, 2.45) is 5.92 Å². The zero-order valence-electron chi connectivity index (χ0n) is 9.82. The summed E-state index contributed by atoms with van der Waals surface area (Å²) in [4.78, 5) is 0. The third kappa shape index (κ3) is 3.17. The molecule has 0 heterocycles. The van der Waals surface area contributed by atoms with E-state index in [9.17, 15) is 9.50 Å². The summed E-state index contributed by atoms with van der Waals surface area (Å²) >= 11 is 0. The Kier molecular flexibility index (Phi) is 5.51. The predicted octanol–water partition coefficient (Wildman–Crippen LogP) is 4.52. The highest BCUT2D eigenvalue weighted by Crippen LogP contribution is 2.28. The Balaban J connectivity index is 5.24. The van der Waals surface area contributed by atoms with Crippen molar-refractivity contribution < 1.29 is 9.50 Å². The molecule has 1 nitrogen and oxygen atoms in total. The van der Waals surface area contributed by atoms with E-state index >= 15 is 0 Å². The SMILES string of the molecule is CC/C(C)=C(/C(O)=C(\C)F)[C@@H](C)CC. The van der Waals surface area contributed by atoms with Crippen LogP contribution >= 0.6 is 0 Å². The highest BCUT2D eigenvalue weighted by molar-refractivity contribution is 5.32. The summed E-state index contributed by atoms with van der Waals surface area (Å²) in [7, 11) is 0. The fourth-order valence-electron chi connectivity index (χ4n) is 1.44. The summed E-state index contributed by atoms with van der Waals surface area (Å²) in [6.45, 7) is 9.29. The quantitative estimate of drug-likeness (QED) is 0.522. The van der Waals surface area contributed by atoms with Gasteiger partial charge < -0.3 is 5.11 Å². The molecule has 0 rings (SSSR count). The molecule has 0 aliphatic carbocycles. The largest absolute Gasteiger partial charge is 0.505 e. The van der Waals surface area contributed by atoms with Crippen LogP contribution in [0, 0.1) is 5.92 Å². The third-order valence-electron chi connectivity index (χ3n) is 2.68. The van der Waals surface area contributed by atoms with Crippen molar-refractivity contribution in [3.63, 3.8) is 0 Å². The van der Waals surface area contributed by atoms with Crippen LogP contribution in [0.15, 0.2) is 22.7 Å². The second-order valence-corrected chi connectivity index (χ2v) is 3.74. The summed E-state index contributed by atoms with van der Waals surface area (Å²) in [5.74, 6) is -0.451. The second-order valence-electron chi connectivity index (χ2n) is 3.74. The van der Waals surface area contributed by atoms with Gasteiger partial charge in [0.1, 0.15) is 11.6 Å². The zero-order valence-corrected chi connectivity index (χ0v) is 9.82. The highest BCUT2D eigenvalue weighted by Gasteiger charge is 2.16. The molecule has 0 aromatic heterocycles. The van der Waals surface area contributed by atoms with Gasteiger partial charge in [-0.15, -0.1) is 0 Å². The molecule has 0 aromatic carbocycles. The summed E-state index contributed by atoms with van der Waals surface area (Å²) in [5, 5.41) is 9.64. The molecule has 14 heavy (non-hydrogen) atoms. The van der Waals surface area contributed by atoms with Gasteiger partial charge in [0, 0.05) is 0 Å². The lowest BCUT2D eigenvalue weighted by Crippen LogP contribution is -2.05. The smallest absolute Gasteiger partial charge is 0.150 e. The monoisotopic (exact) mass is 200 g/mol. The molecule has 0 aliphatic rings. The number of hydrogen-bond donors (Lipinski definition) is 1. The molecule has 2 heteroatoms. The van der Waals surface area contributed by atoms with Gasteiger partial charge in [-0.1, -0.05) is 26.3 Å². The van der Waals surface area contributed by atoms with Crippen LogP contribution in [0.4, 0.5) is 4.39 Å². The molecule has 0 radical (unpaired) electrons. The first-order valence-electron chi connectivity index (χ1n) is 5.20. The van der Waals surface area contributed by atoms with E-state index in [0.29, 0.717) is 0 Å². The summed E-state index contributed by atoms with van der Waals surface area (Å²) in [6, 6.07) is 0.